The molecule has 32 heavy (non-hydrogen) atoms. The molecule has 0 fully saturated rings. The van der Waals surface area contributed by atoms with Gasteiger partial charge in [-0.2, -0.15) is 0 Å². The van der Waals surface area contributed by atoms with Crippen molar-refractivity contribution >= 4 is 11.4 Å². The fourth-order valence-corrected chi connectivity index (χ4v) is 4.88. The van der Waals surface area contributed by atoms with Crippen molar-refractivity contribution in [1.29, 1.82) is 0 Å². The minimum Gasteiger partial charge on any atom is -1.00 e. The fraction of sp³-hybridized carbons (Fsp3) is 0.600. The van der Waals surface area contributed by atoms with Gasteiger partial charge in [-0.3, -0.25) is 4.48 Å². The summed E-state index contributed by atoms with van der Waals surface area (Å²) in [5, 5.41) is 0. The zero-order valence-electron chi connectivity index (χ0n) is 20.9. The summed E-state index contributed by atoms with van der Waals surface area (Å²) in [6.45, 7) is 7.04. The summed E-state index contributed by atoms with van der Waals surface area (Å²) in [6, 6.07) is 22.6. The number of quaternary nitrogens is 1. The van der Waals surface area contributed by atoms with Gasteiger partial charge in [0.1, 0.15) is 11.4 Å². The lowest BCUT2D eigenvalue weighted by Gasteiger charge is -2.38. The lowest BCUT2D eigenvalue weighted by atomic mass is 10.0. The van der Waals surface area contributed by atoms with Gasteiger partial charge in [0.05, 0.1) is 13.1 Å². The predicted octanol–water partition coefficient (Wildman–Crippen LogP) is 6.83. The van der Waals surface area contributed by atoms with E-state index in [4.69, 9.17) is 0 Å². The summed E-state index contributed by atoms with van der Waals surface area (Å²) in [5.41, 5.74) is 2.93. The van der Waals surface area contributed by atoms with E-state index in [9.17, 15) is 0 Å². The number of hydrogen-bond donors (Lipinski definition) is 0. The zero-order chi connectivity index (χ0) is 22.0. The Morgan fingerprint density at radius 3 is 1.09 bits per heavy atom. The van der Waals surface area contributed by atoms with Crippen LogP contribution in [0.4, 0.5) is 11.4 Å². The maximum Gasteiger partial charge on any atom is 0.137 e. The van der Waals surface area contributed by atoms with Crippen LogP contribution in [0, 0.1) is 0 Å². The largest absolute Gasteiger partial charge is 1.00 e. The van der Waals surface area contributed by atoms with Crippen LogP contribution in [-0.2, 0) is 0 Å². The quantitative estimate of drug-likeness (QED) is 0.170. The molecule has 0 saturated carbocycles. The molecule has 0 N–H and O–H groups in total. The summed E-state index contributed by atoms with van der Waals surface area (Å²) in [5.74, 6) is 0. The van der Waals surface area contributed by atoms with Crippen LogP contribution in [0.2, 0.25) is 0 Å². The van der Waals surface area contributed by atoms with Crippen molar-refractivity contribution in [2.75, 3.05) is 13.1 Å². The van der Waals surface area contributed by atoms with Crippen LogP contribution in [0.25, 0.3) is 0 Å². The van der Waals surface area contributed by atoms with Gasteiger partial charge in [0.2, 0.25) is 0 Å². The van der Waals surface area contributed by atoms with E-state index in [1.165, 1.54) is 114 Å². The number of rotatable bonds is 18. The molecule has 0 atom stereocenters. The second kappa shape index (κ2) is 18.2. The monoisotopic (exact) mass is 457 g/mol. The Bertz CT molecular complexity index is 596. The van der Waals surface area contributed by atoms with Crippen molar-refractivity contribution in [2.45, 2.75) is 104 Å². The summed E-state index contributed by atoms with van der Waals surface area (Å²) < 4.78 is 1.02. The summed E-state index contributed by atoms with van der Waals surface area (Å²) in [6.07, 6.45) is 19.2. The molecule has 0 aliphatic rings. The van der Waals surface area contributed by atoms with E-state index in [0.29, 0.717) is 0 Å². The first-order valence-corrected chi connectivity index (χ1v) is 13.3. The molecule has 0 aromatic heterocycles. The van der Waals surface area contributed by atoms with E-state index < -0.39 is 0 Å². The van der Waals surface area contributed by atoms with Crippen molar-refractivity contribution in [3.63, 3.8) is 0 Å². The van der Waals surface area contributed by atoms with Gasteiger partial charge in [0.25, 0.3) is 0 Å². The molecule has 2 rings (SSSR count). The number of para-hydroxylation sites is 2. The highest BCUT2D eigenvalue weighted by atomic mass is 35.5. The predicted molar refractivity (Wildman–Crippen MR) is 140 cm³/mol. The van der Waals surface area contributed by atoms with Crippen LogP contribution in [0.15, 0.2) is 60.7 Å². The lowest BCUT2D eigenvalue weighted by Crippen LogP contribution is -3.00. The highest BCUT2D eigenvalue weighted by Crippen LogP contribution is 2.36. The van der Waals surface area contributed by atoms with Crippen molar-refractivity contribution < 1.29 is 12.4 Å². The first-order valence-electron chi connectivity index (χ1n) is 13.3. The highest BCUT2D eigenvalue weighted by molar-refractivity contribution is 5.58. The Morgan fingerprint density at radius 1 is 0.438 bits per heavy atom. The molecule has 0 amide bonds. The molecule has 2 aromatic rings. The number of hydrogen-bond acceptors (Lipinski definition) is 0. The molecular formula is C30H48ClN. The Kier molecular flexibility index (Phi) is 16.3. The number of unbranched alkanes of at least 4 members (excludes halogenated alkanes) is 12. The molecule has 0 aliphatic heterocycles. The Hall–Kier alpha value is -1.31. The average Bonchev–Trinajstić information content (AvgIpc) is 2.83. The minimum absolute atomic E-state index is 0. The van der Waals surface area contributed by atoms with Crippen LogP contribution in [0.3, 0.4) is 0 Å². The third-order valence-electron chi connectivity index (χ3n) is 6.79. The van der Waals surface area contributed by atoms with E-state index in [1.807, 2.05) is 0 Å². The van der Waals surface area contributed by atoms with Crippen LogP contribution >= 0.6 is 0 Å². The van der Waals surface area contributed by atoms with E-state index in [1.54, 1.807) is 0 Å². The number of halogens is 1. The van der Waals surface area contributed by atoms with Gasteiger partial charge in [-0.05, 0) is 49.9 Å². The summed E-state index contributed by atoms with van der Waals surface area (Å²) in [4.78, 5) is 0. The van der Waals surface area contributed by atoms with Crippen LogP contribution in [0.5, 0.6) is 0 Å². The second-order valence-corrected chi connectivity index (χ2v) is 9.33. The number of benzene rings is 2. The van der Waals surface area contributed by atoms with Crippen molar-refractivity contribution in [3.8, 4) is 0 Å². The Labute approximate surface area is 205 Å². The van der Waals surface area contributed by atoms with Gasteiger partial charge in [-0.15, -0.1) is 0 Å². The van der Waals surface area contributed by atoms with Crippen molar-refractivity contribution in [2.24, 2.45) is 0 Å². The Balaban J connectivity index is 0.00000512. The lowest BCUT2D eigenvalue weighted by molar-refractivity contribution is -0.00000658. The molecule has 0 heterocycles. The maximum absolute atomic E-state index is 2.36. The topological polar surface area (TPSA) is 0 Å². The van der Waals surface area contributed by atoms with Gasteiger partial charge in [-0.25, -0.2) is 0 Å². The number of nitrogens with zero attached hydrogens (tertiary/aromatic N) is 1. The van der Waals surface area contributed by atoms with E-state index in [-0.39, 0.29) is 12.4 Å². The first-order chi connectivity index (χ1) is 15.3. The van der Waals surface area contributed by atoms with Crippen LogP contribution < -0.4 is 16.9 Å². The molecule has 0 spiro atoms. The molecule has 2 heteroatoms. The highest BCUT2D eigenvalue weighted by Gasteiger charge is 2.32. The van der Waals surface area contributed by atoms with Gasteiger partial charge in [0, 0.05) is 0 Å². The Morgan fingerprint density at radius 2 is 0.750 bits per heavy atom. The molecule has 180 valence electrons. The van der Waals surface area contributed by atoms with Gasteiger partial charge < -0.3 is 12.4 Å². The summed E-state index contributed by atoms with van der Waals surface area (Å²) >= 11 is 0. The standard InChI is InChI=1S/C30H48N.ClH/c1-3-5-7-9-11-13-21-27-31(29-23-17-15-18-24-29,30-25-19-16-20-26-30)28-22-14-12-10-8-6-4-2;/h15-20,23-26H,3-14,21-22,27-28H2,1-2H3;1H/q+1;/p-1. The summed E-state index contributed by atoms with van der Waals surface area (Å²) in [7, 11) is 0. The van der Waals surface area contributed by atoms with E-state index in [0.717, 1.165) is 4.48 Å². The van der Waals surface area contributed by atoms with E-state index >= 15 is 0 Å². The zero-order valence-corrected chi connectivity index (χ0v) is 21.7. The van der Waals surface area contributed by atoms with Gasteiger partial charge in [0.15, 0.2) is 0 Å². The fourth-order valence-electron chi connectivity index (χ4n) is 4.88. The normalized spacial score (nSPS) is 11.3. The van der Waals surface area contributed by atoms with Crippen molar-refractivity contribution in [3.05, 3.63) is 60.7 Å². The van der Waals surface area contributed by atoms with E-state index in [2.05, 4.69) is 74.5 Å². The molecule has 0 aliphatic carbocycles. The van der Waals surface area contributed by atoms with Gasteiger partial charge in [-0.1, -0.05) is 114 Å². The second-order valence-electron chi connectivity index (χ2n) is 9.33. The SMILES string of the molecule is CCCCCCCCC[N+](CCCCCCCCC)(c1ccccc1)c1ccccc1.[Cl-]. The molecule has 2 aromatic carbocycles. The molecule has 0 unspecified atom stereocenters. The molecule has 0 saturated heterocycles. The van der Waals surface area contributed by atoms with Crippen LogP contribution in [0.1, 0.15) is 104 Å². The van der Waals surface area contributed by atoms with Crippen LogP contribution in [-0.4, -0.2) is 13.1 Å². The molecular weight excluding hydrogens is 410 g/mol. The smallest absolute Gasteiger partial charge is 0.137 e. The van der Waals surface area contributed by atoms with Gasteiger partial charge >= 0.3 is 0 Å². The first kappa shape index (κ1) is 28.7. The molecule has 0 radical (unpaired) electrons. The molecule has 0 bridgehead atoms. The minimum atomic E-state index is 0. The molecule has 1 nitrogen and oxygen atoms in total. The third-order valence-corrected chi connectivity index (χ3v) is 6.79. The third kappa shape index (κ3) is 10.1. The average molecular weight is 458 g/mol. The maximum atomic E-state index is 2.36. The van der Waals surface area contributed by atoms with Crippen molar-refractivity contribution in [1.82, 2.24) is 4.48 Å².